The minimum Gasteiger partial charge on any atom is -0.444 e. The predicted molar refractivity (Wildman–Crippen MR) is 79.9 cm³/mol. The van der Waals surface area contributed by atoms with Gasteiger partial charge in [-0.1, -0.05) is 0 Å². The Morgan fingerprint density at radius 3 is 2.33 bits per heavy atom. The molecule has 21 heavy (non-hydrogen) atoms. The third-order valence-electron chi connectivity index (χ3n) is 4.13. The zero-order valence-corrected chi connectivity index (χ0v) is 13.5. The standard InChI is InChI=1S/C15H27N3O3/c1-11(17-13(20)21-14(2,3)4)12(19)18-9-15(10-18)5-7-16-8-6-15/h11,16H,5-10H2,1-4H3,(H,17,20). The van der Waals surface area contributed by atoms with Crippen molar-refractivity contribution in [2.45, 2.75) is 52.2 Å². The third kappa shape index (κ3) is 4.09. The first-order chi connectivity index (χ1) is 9.71. The van der Waals surface area contributed by atoms with Crippen LogP contribution in [0.15, 0.2) is 0 Å². The molecule has 2 fully saturated rings. The molecule has 2 aliphatic heterocycles. The summed E-state index contributed by atoms with van der Waals surface area (Å²) in [5.74, 6) is -0.0231. The van der Waals surface area contributed by atoms with Crippen LogP contribution >= 0.6 is 0 Å². The summed E-state index contributed by atoms with van der Waals surface area (Å²) in [6, 6.07) is -0.543. The molecule has 2 rings (SSSR count). The summed E-state index contributed by atoms with van der Waals surface area (Å²) in [5.41, 5.74) is -0.241. The zero-order chi connectivity index (χ0) is 15.7. The highest BCUT2D eigenvalue weighted by atomic mass is 16.6. The van der Waals surface area contributed by atoms with Gasteiger partial charge in [0.05, 0.1) is 0 Å². The Morgan fingerprint density at radius 1 is 1.24 bits per heavy atom. The third-order valence-corrected chi connectivity index (χ3v) is 4.13. The molecule has 1 spiro atoms. The van der Waals surface area contributed by atoms with E-state index in [1.165, 1.54) is 0 Å². The number of rotatable bonds is 2. The Labute approximate surface area is 126 Å². The van der Waals surface area contributed by atoms with Crippen molar-refractivity contribution in [3.05, 3.63) is 0 Å². The molecule has 0 aromatic carbocycles. The van der Waals surface area contributed by atoms with Gasteiger partial charge in [0.1, 0.15) is 11.6 Å². The summed E-state index contributed by atoms with van der Waals surface area (Å²) in [5, 5.41) is 5.96. The smallest absolute Gasteiger partial charge is 0.408 e. The Morgan fingerprint density at radius 2 is 1.81 bits per heavy atom. The van der Waals surface area contributed by atoms with Crippen molar-refractivity contribution >= 4 is 12.0 Å². The van der Waals surface area contributed by atoms with Gasteiger partial charge in [-0.2, -0.15) is 0 Å². The Balaban J connectivity index is 1.77. The van der Waals surface area contributed by atoms with E-state index in [2.05, 4.69) is 10.6 Å². The fourth-order valence-electron chi connectivity index (χ4n) is 3.01. The summed E-state index contributed by atoms with van der Waals surface area (Å²) in [4.78, 5) is 25.8. The number of carbonyl (C=O) groups excluding carboxylic acids is 2. The number of nitrogens with zero attached hydrogens (tertiary/aromatic N) is 1. The fourth-order valence-corrected chi connectivity index (χ4v) is 3.01. The van der Waals surface area contributed by atoms with Gasteiger partial charge in [-0.25, -0.2) is 4.79 Å². The van der Waals surface area contributed by atoms with Gasteiger partial charge in [0, 0.05) is 18.5 Å². The first-order valence-corrected chi connectivity index (χ1v) is 7.70. The fraction of sp³-hybridized carbons (Fsp3) is 0.867. The van der Waals surface area contributed by atoms with Crippen molar-refractivity contribution in [2.24, 2.45) is 5.41 Å². The second-order valence-electron chi connectivity index (χ2n) is 7.31. The van der Waals surface area contributed by atoms with Crippen LogP contribution in [0.2, 0.25) is 0 Å². The van der Waals surface area contributed by atoms with E-state index in [9.17, 15) is 9.59 Å². The van der Waals surface area contributed by atoms with Crippen molar-refractivity contribution < 1.29 is 14.3 Å². The van der Waals surface area contributed by atoms with E-state index in [1.807, 2.05) is 4.90 Å². The molecule has 0 aliphatic carbocycles. The van der Waals surface area contributed by atoms with Crippen molar-refractivity contribution in [3.8, 4) is 0 Å². The van der Waals surface area contributed by atoms with Gasteiger partial charge in [0.25, 0.3) is 0 Å². The summed E-state index contributed by atoms with van der Waals surface area (Å²) < 4.78 is 5.17. The molecule has 0 radical (unpaired) electrons. The second-order valence-corrected chi connectivity index (χ2v) is 7.31. The summed E-state index contributed by atoms with van der Waals surface area (Å²) in [7, 11) is 0. The van der Waals surface area contributed by atoms with Crippen LogP contribution in [0, 0.1) is 5.41 Å². The monoisotopic (exact) mass is 297 g/mol. The van der Waals surface area contributed by atoms with Gasteiger partial charge in [-0.3, -0.25) is 4.79 Å². The van der Waals surface area contributed by atoms with Crippen molar-refractivity contribution in [1.82, 2.24) is 15.5 Å². The molecule has 2 aliphatic rings. The number of alkyl carbamates (subject to hydrolysis) is 1. The molecule has 0 aromatic heterocycles. The van der Waals surface area contributed by atoms with Gasteiger partial charge in [-0.05, 0) is 53.6 Å². The molecule has 2 amide bonds. The highest BCUT2D eigenvalue weighted by molar-refractivity contribution is 5.86. The van der Waals surface area contributed by atoms with Gasteiger partial charge in [0.2, 0.25) is 5.91 Å². The number of hydrogen-bond acceptors (Lipinski definition) is 4. The quantitative estimate of drug-likeness (QED) is 0.801. The van der Waals surface area contributed by atoms with Crippen LogP contribution in [0.4, 0.5) is 4.79 Å². The topological polar surface area (TPSA) is 70.7 Å². The van der Waals surface area contributed by atoms with Crippen molar-refractivity contribution in [1.29, 1.82) is 0 Å². The maximum atomic E-state index is 12.3. The molecule has 6 nitrogen and oxygen atoms in total. The number of likely N-dealkylation sites (tertiary alicyclic amines) is 1. The maximum Gasteiger partial charge on any atom is 0.408 e. The van der Waals surface area contributed by atoms with E-state index in [1.54, 1.807) is 27.7 Å². The lowest BCUT2D eigenvalue weighted by molar-refractivity contribution is -0.147. The molecule has 6 heteroatoms. The number of ether oxygens (including phenoxy) is 1. The van der Waals surface area contributed by atoms with Crippen LogP contribution in [-0.2, 0) is 9.53 Å². The van der Waals surface area contributed by atoms with E-state index < -0.39 is 17.7 Å². The molecule has 2 N–H and O–H groups in total. The Bertz CT molecular complexity index is 403. The molecule has 2 heterocycles. The SMILES string of the molecule is CC(NC(=O)OC(C)(C)C)C(=O)N1CC2(CCNCC2)C1. The highest BCUT2D eigenvalue weighted by Crippen LogP contribution is 2.38. The minimum atomic E-state index is -0.553. The number of piperidine rings is 1. The van der Waals surface area contributed by atoms with Crippen LogP contribution in [-0.4, -0.2) is 54.7 Å². The van der Waals surface area contributed by atoms with Gasteiger partial charge < -0.3 is 20.3 Å². The molecule has 1 unspecified atom stereocenters. The van der Waals surface area contributed by atoms with E-state index >= 15 is 0 Å². The van der Waals surface area contributed by atoms with E-state index in [0.29, 0.717) is 5.41 Å². The van der Waals surface area contributed by atoms with Crippen molar-refractivity contribution in [3.63, 3.8) is 0 Å². The highest BCUT2D eigenvalue weighted by Gasteiger charge is 2.46. The van der Waals surface area contributed by atoms with Crippen LogP contribution in [0.3, 0.4) is 0 Å². The Hall–Kier alpha value is -1.30. The molecule has 120 valence electrons. The Kier molecular flexibility index (Phi) is 4.46. The first-order valence-electron chi connectivity index (χ1n) is 7.70. The van der Waals surface area contributed by atoms with Crippen LogP contribution in [0.25, 0.3) is 0 Å². The molecular formula is C15H27N3O3. The normalized spacial score (nSPS) is 22.4. The lowest BCUT2D eigenvalue weighted by atomic mass is 9.72. The number of nitrogens with one attached hydrogen (secondary N) is 2. The summed E-state index contributed by atoms with van der Waals surface area (Å²) in [6.45, 7) is 10.8. The first kappa shape index (κ1) is 16.1. The molecule has 0 saturated carbocycles. The van der Waals surface area contributed by atoms with Crippen LogP contribution in [0.1, 0.15) is 40.5 Å². The van der Waals surface area contributed by atoms with E-state index in [4.69, 9.17) is 4.74 Å². The average molecular weight is 297 g/mol. The van der Waals surface area contributed by atoms with Gasteiger partial charge >= 0.3 is 6.09 Å². The second kappa shape index (κ2) is 5.83. The molecule has 2 saturated heterocycles. The predicted octanol–water partition coefficient (Wildman–Crippen LogP) is 1.11. The lowest BCUT2D eigenvalue weighted by Crippen LogP contribution is -2.64. The zero-order valence-electron chi connectivity index (χ0n) is 13.5. The van der Waals surface area contributed by atoms with Gasteiger partial charge in [-0.15, -0.1) is 0 Å². The largest absolute Gasteiger partial charge is 0.444 e. The van der Waals surface area contributed by atoms with E-state index in [-0.39, 0.29) is 5.91 Å². The molecule has 1 atom stereocenters. The van der Waals surface area contributed by atoms with Crippen LogP contribution in [0.5, 0.6) is 0 Å². The number of amides is 2. The number of hydrogen-bond donors (Lipinski definition) is 2. The summed E-state index contributed by atoms with van der Waals surface area (Å²) in [6.07, 6.45) is 1.72. The number of carbonyl (C=O) groups is 2. The van der Waals surface area contributed by atoms with Crippen LogP contribution < -0.4 is 10.6 Å². The summed E-state index contributed by atoms with van der Waals surface area (Å²) >= 11 is 0. The van der Waals surface area contributed by atoms with Crippen molar-refractivity contribution in [2.75, 3.05) is 26.2 Å². The van der Waals surface area contributed by atoms with Gasteiger partial charge in [0.15, 0.2) is 0 Å². The van der Waals surface area contributed by atoms with E-state index in [0.717, 1.165) is 39.0 Å². The minimum absolute atomic E-state index is 0.0231. The molecular weight excluding hydrogens is 270 g/mol. The lowest BCUT2D eigenvalue weighted by Gasteiger charge is -2.53. The molecule has 0 aromatic rings. The maximum absolute atomic E-state index is 12.3. The average Bonchev–Trinajstić information content (AvgIpc) is 2.33. The molecule has 0 bridgehead atoms.